The Balaban J connectivity index is 0.00000139. The highest BCUT2D eigenvalue weighted by Gasteiger charge is 2.26. The normalized spacial score (nSPS) is 17.8. The minimum Gasteiger partial charge on any atom is -0.315 e. The number of hydrogen-bond acceptors (Lipinski definition) is 2. The Morgan fingerprint density at radius 3 is 2.42 bits per heavy atom. The van der Waals surface area contributed by atoms with Crippen LogP contribution < -0.4 is 4.90 Å². The fourth-order valence-corrected chi connectivity index (χ4v) is 3.67. The molecule has 1 aliphatic rings. The number of hydrogen-bond donors (Lipinski definition) is 0. The van der Waals surface area contributed by atoms with E-state index >= 15 is 0 Å². The molecule has 0 bridgehead atoms. The standard InChI is InChI=1S/C19H30N2O.C2H6/c1-5-12-21-13-7-6-11-17(21)14-18(22)20(4)19-15(2)9-8-10-16(19)3;1-2/h8-10,17H,5-7,11-14H2,1-4H3;1-2H3. The summed E-state index contributed by atoms with van der Waals surface area (Å²) in [5, 5.41) is 0. The Bertz CT molecular complexity index is 490. The third-order valence-corrected chi connectivity index (χ3v) is 4.82. The number of piperidine rings is 1. The third kappa shape index (κ3) is 5.34. The fraction of sp³-hybridized carbons (Fsp3) is 0.667. The molecule has 1 fully saturated rings. The van der Waals surface area contributed by atoms with Crippen molar-refractivity contribution in [1.29, 1.82) is 0 Å². The highest BCUT2D eigenvalue weighted by molar-refractivity contribution is 5.94. The number of aryl methyl sites for hydroxylation is 2. The molecule has 0 aliphatic carbocycles. The number of likely N-dealkylation sites (tertiary alicyclic amines) is 1. The SMILES string of the molecule is CC.CCCN1CCCCC1CC(=O)N(C)c1c(C)cccc1C. The Kier molecular flexibility index (Phi) is 9.05. The molecule has 0 radical (unpaired) electrons. The van der Waals surface area contributed by atoms with E-state index in [1.165, 1.54) is 24.0 Å². The van der Waals surface area contributed by atoms with E-state index in [1.807, 2.05) is 25.8 Å². The fourth-order valence-electron chi connectivity index (χ4n) is 3.67. The van der Waals surface area contributed by atoms with E-state index in [9.17, 15) is 4.79 Å². The van der Waals surface area contributed by atoms with Gasteiger partial charge in [0.15, 0.2) is 0 Å². The van der Waals surface area contributed by atoms with Crippen LogP contribution in [-0.4, -0.2) is 37.0 Å². The first kappa shape index (κ1) is 20.7. The van der Waals surface area contributed by atoms with E-state index in [0.29, 0.717) is 12.5 Å². The van der Waals surface area contributed by atoms with Gasteiger partial charge in [-0.25, -0.2) is 0 Å². The number of amides is 1. The van der Waals surface area contributed by atoms with Crippen molar-refractivity contribution in [1.82, 2.24) is 4.90 Å². The maximum Gasteiger partial charge on any atom is 0.228 e. The Morgan fingerprint density at radius 2 is 1.83 bits per heavy atom. The Labute approximate surface area is 149 Å². The molecule has 1 aromatic rings. The lowest BCUT2D eigenvalue weighted by Crippen LogP contribution is -2.43. The van der Waals surface area contributed by atoms with Crippen molar-refractivity contribution in [3.8, 4) is 0 Å². The largest absolute Gasteiger partial charge is 0.315 e. The first-order valence-corrected chi connectivity index (χ1v) is 9.61. The number of rotatable bonds is 5. The van der Waals surface area contributed by atoms with Gasteiger partial charge in [0.05, 0.1) is 0 Å². The van der Waals surface area contributed by atoms with Crippen LogP contribution in [0.15, 0.2) is 18.2 Å². The van der Waals surface area contributed by atoms with Gasteiger partial charge in [-0.15, -0.1) is 0 Å². The van der Waals surface area contributed by atoms with Crippen LogP contribution in [0.3, 0.4) is 0 Å². The topological polar surface area (TPSA) is 23.6 Å². The van der Waals surface area contributed by atoms with E-state index in [1.54, 1.807) is 0 Å². The molecule has 0 spiro atoms. The average molecular weight is 333 g/mol. The predicted octanol–water partition coefficient (Wildman–Crippen LogP) is 4.95. The average Bonchev–Trinajstić information content (AvgIpc) is 2.58. The monoisotopic (exact) mass is 332 g/mol. The summed E-state index contributed by atoms with van der Waals surface area (Å²) >= 11 is 0. The van der Waals surface area contributed by atoms with Crippen LogP contribution in [0.1, 0.15) is 64.0 Å². The summed E-state index contributed by atoms with van der Waals surface area (Å²) in [4.78, 5) is 17.1. The number of benzene rings is 1. The van der Waals surface area contributed by atoms with Gasteiger partial charge in [0.1, 0.15) is 0 Å². The van der Waals surface area contributed by atoms with Crippen LogP contribution in [0.4, 0.5) is 5.69 Å². The zero-order valence-electron chi connectivity index (χ0n) is 16.6. The molecule has 2 rings (SSSR count). The summed E-state index contributed by atoms with van der Waals surface area (Å²) in [5.74, 6) is 0.241. The molecule has 0 N–H and O–H groups in total. The zero-order chi connectivity index (χ0) is 18.1. The quantitative estimate of drug-likeness (QED) is 0.762. The zero-order valence-corrected chi connectivity index (χ0v) is 16.6. The van der Waals surface area contributed by atoms with Crippen LogP contribution in [-0.2, 0) is 4.79 Å². The number of anilines is 1. The van der Waals surface area contributed by atoms with Crippen LogP contribution in [0.2, 0.25) is 0 Å². The molecule has 1 aliphatic heterocycles. The number of nitrogens with zero attached hydrogens (tertiary/aromatic N) is 2. The number of para-hydroxylation sites is 1. The molecule has 0 saturated carbocycles. The van der Waals surface area contributed by atoms with E-state index in [4.69, 9.17) is 0 Å². The number of carbonyl (C=O) groups is 1. The van der Waals surface area contributed by atoms with Gasteiger partial charge in [0.25, 0.3) is 0 Å². The van der Waals surface area contributed by atoms with E-state index < -0.39 is 0 Å². The van der Waals surface area contributed by atoms with E-state index in [2.05, 4.69) is 43.9 Å². The van der Waals surface area contributed by atoms with Crippen molar-refractivity contribution in [3.05, 3.63) is 29.3 Å². The summed E-state index contributed by atoms with van der Waals surface area (Å²) in [7, 11) is 1.92. The van der Waals surface area contributed by atoms with Gasteiger partial charge in [0.2, 0.25) is 5.91 Å². The van der Waals surface area contributed by atoms with Crippen molar-refractivity contribution in [2.24, 2.45) is 0 Å². The second kappa shape index (κ2) is 10.5. The van der Waals surface area contributed by atoms with E-state index in [0.717, 1.165) is 31.6 Å². The molecule has 1 atom stereocenters. The van der Waals surface area contributed by atoms with Crippen LogP contribution in [0.25, 0.3) is 0 Å². The van der Waals surface area contributed by atoms with Gasteiger partial charge in [-0.05, 0) is 57.3 Å². The van der Waals surface area contributed by atoms with Gasteiger partial charge >= 0.3 is 0 Å². The van der Waals surface area contributed by atoms with Gasteiger partial charge in [-0.1, -0.05) is 45.4 Å². The summed E-state index contributed by atoms with van der Waals surface area (Å²) in [5.41, 5.74) is 3.42. The van der Waals surface area contributed by atoms with Gasteiger partial charge in [0, 0.05) is 25.2 Å². The maximum absolute atomic E-state index is 12.8. The molecule has 136 valence electrons. The van der Waals surface area contributed by atoms with E-state index in [-0.39, 0.29) is 5.91 Å². The predicted molar refractivity (Wildman–Crippen MR) is 105 cm³/mol. The molecule has 3 nitrogen and oxygen atoms in total. The van der Waals surface area contributed by atoms with Crippen molar-refractivity contribution in [3.63, 3.8) is 0 Å². The van der Waals surface area contributed by atoms with Crippen LogP contribution >= 0.6 is 0 Å². The molecular weight excluding hydrogens is 296 g/mol. The maximum atomic E-state index is 12.8. The molecule has 1 unspecified atom stereocenters. The molecule has 1 amide bonds. The van der Waals surface area contributed by atoms with Crippen molar-refractivity contribution < 1.29 is 4.79 Å². The molecule has 1 saturated heterocycles. The lowest BCUT2D eigenvalue weighted by Gasteiger charge is -2.36. The summed E-state index contributed by atoms with van der Waals surface area (Å²) in [6.45, 7) is 12.6. The van der Waals surface area contributed by atoms with Crippen LogP contribution in [0, 0.1) is 13.8 Å². The second-order valence-corrected chi connectivity index (χ2v) is 6.58. The molecular formula is C21H36N2O. The van der Waals surface area contributed by atoms with Crippen LogP contribution in [0.5, 0.6) is 0 Å². The first-order valence-electron chi connectivity index (χ1n) is 9.61. The number of carbonyl (C=O) groups excluding carboxylic acids is 1. The molecule has 1 heterocycles. The molecule has 0 aromatic heterocycles. The minimum absolute atomic E-state index is 0.241. The molecule has 24 heavy (non-hydrogen) atoms. The van der Waals surface area contributed by atoms with Gasteiger partial charge < -0.3 is 4.90 Å². The minimum atomic E-state index is 0.241. The van der Waals surface area contributed by atoms with Gasteiger partial charge in [-0.2, -0.15) is 0 Å². The lowest BCUT2D eigenvalue weighted by molar-refractivity contribution is -0.119. The second-order valence-electron chi connectivity index (χ2n) is 6.58. The Morgan fingerprint density at radius 1 is 1.21 bits per heavy atom. The summed E-state index contributed by atoms with van der Waals surface area (Å²) in [6, 6.07) is 6.64. The lowest BCUT2D eigenvalue weighted by atomic mass is 9.98. The summed E-state index contributed by atoms with van der Waals surface area (Å²) < 4.78 is 0. The van der Waals surface area contributed by atoms with Crippen molar-refractivity contribution in [2.75, 3.05) is 25.0 Å². The smallest absolute Gasteiger partial charge is 0.228 e. The third-order valence-electron chi connectivity index (χ3n) is 4.82. The first-order chi connectivity index (χ1) is 11.5. The van der Waals surface area contributed by atoms with Crippen molar-refractivity contribution >= 4 is 11.6 Å². The Hall–Kier alpha value is -1.35. The molecule has 3 heteroatoms. The summed E-state index contributed by atoms with van der Waals surface area (Å²) in [6.07, 6.45) is 5.50. The highest BCUT2D eigenvalue weighted by atomic mass is 16.2. The molecule has 1 aromatic carbocycles. The van der Waals surface area contributed by atoms with Crippen molar-refractivity contribution in [2.45, 2.75) is 72.8 Å². The highest BCUT2D eigenvalue weighted by Crippen LogP contribution is 2.26. The van der Waals surface area contributed by atoms with Gasteiger partial charge in [-0.3, -0.25) is 9.69 Å².